The number of aryl methyl sites for hydroxylation is 1. The first-order chi connectivity index (χ1) is 8.69. The Bertz CT molecular complexity index is 529. The van der Waals surface area contributed by atoms with Crippen LogP contribution >= 0.6 is 0 Å². The van der Waals surface area contributed by atoms with Crippen LogP contribution in [0.1, 0.15) is 22.9 Å². The predicted molar refractivity (Wildman–Crippen MR) is 68.4 cm³/mol. The molecule has 0 aliphatic rings. The fourth-order valence-electron chi connectivity index (χ4n) is 1.81. The Morgan fingerprint density at radius 2 is 2.11 bits per heavy atom. The zero-order valence-electron chi connectivity index (χ0n) is 10.5. The summed E-state index contributed by atoms with van der Waals surface area (Å²) in [5.74, 6) is 0.461. The molecule has 0 saturated heterocycles. The van der Waals surface area contributed by atoms with Gasteiger partial charge in [-0.15, -0.1) is 0 Å². The number of hydrogen-bond donors (Lipinski definition) is 1. The van der Waals surface area contributed by atoms with Crippen LogP contribution in [0.2, 0.25) is 0 Å². The quantitative estimate of drug-likeness (QED) is 0.894. The highest BCUT2D eigenvalue weighted by Gasteiger charge is 2.11. The molecule has 1 N–H and O–H groups in total. The van der Waals surface area contributed by atoms with Crippen LogP contribution in [0.4, 0.5) is 0 Å². The summed E-state index contributed by atoms with van der Waals surface area (Å²) in [4.78, 5) is 7.98. The van der Waals surface area contributed by atoms with Crippen LogP contribution < -0.4 is 4.74 Å². The average Bonchev–Trinajstić information content (AvgIpc) is 2.39. The molecule has 1 atom stereocenters. The fourth-order valence-corrected chi connectivity index (χ4v) is 1.81. The highest BCUT2D eigenvalue weighted by atomic mass is 16.5. The van der Waals surface area contributed by atoms with E-state index in [9.17, 15) is 5.11 Å². The molecule has 4 nitrogen and oxygen atoms in total. The number of aliphatic hydroxyl groups is 1. The molecule has 2 aromatic rings. The molecule has 0 bridgehead atoms. The molecule has 0 saturated carbocycles. The Labute approximate surface area is 106 Å². The lowest BCUT2D eigenvalue weighted by molar-refractivity contribution is 0.172. The van der Waals surface area contributed by atoms with Crippen molar-refractivity contribution in [3.8, 4) is 5.88 Å². The minimum atomic E-state index is -0.649. The Balaban J connectivity index is 2.13. The molecular weight excluding hydrogens is 228 g/mol. The molecule has 0 radical (unpaired) electrons. The minimum absolute atomic E-state index is 0.461. The van der Waals surface area contributed by atoms with E-state index in [2.05, 4.69) is 16.0 Å². The van der Waals surface area contributed by atoms with Crippen LogP contribution in [-0.2, 0) is 6.42 Å². The van der Waals surface area contributed by atoms with E-state index in [0.717, 1.165) is 5.56 Å². The second-order valence-electron chi connectivity index (χ2n) is 4.19. The van der Waals surface area contributed by atoms with Gasteiger partial charge in [0.15, 0.2) is 0 Å². The standard InChI is InChI=1S/C14H16N2O2/c1-10-4-3-5-11(6-10)7-13(17)12-8-14(18-2)16-9-15-12/h3-6,8-9,13,17H,7H2,1-2H3. The summed E-state index contributed by atoms with van der Waals surface area (Å²) in [7, 11) is 1.54. The summed E-state index contributed by atoms with van der Waals surface area (Å²) in [5, 5.41) is 10.1. The normalized spacial score (nSPS) is 12.2. The molecule has 0 aliphatic carbocycles. The van der Waals surface area contributed by atoms with E-state index < -0.39 is 6.10 Å². The number of ether oxygens (including phenoxy) is 1. The number of aromatic nitrogens is 2. The number of aliphatic hydroxyl groups excluding tert-OH is 1. The Kier molecular flexibility index (Phi) is 3.89. The monoisotopic (exact) mass is 244 g/mol. The summed E-state index contributed by atoms with van der Waals surface area (Å²) in [6.07, 6.45) is 1.28. The van der Waals surface area contributed by atoms with E-state index in [0.29, 0.717) is 18.0 Å². The van der Waals surface area contributed by atoms with E-state index in [4.69, 9.17) is 4.74 Å². The smallest absolute Gasteiger partial charge is 0.216 e. The second-order valence-corrected chi connectivity index (χ2v) is 4.19. The number of nitrogens with zero attached hydrogens (tertiary/aromatic N) is 2. The van der Waals surface area contributed by atoms with Crippen molar-refractivity contribution in [1.82, 2.24) is 9.97 Å². The van der Waals surface area contributed by atoms with E-state index in [1.165, 1.54) is 11.9 Å². The van der Waals surface area contributed by atoms with E-state index in [1.807, 2.05) is 25.1 Å². The van der Waals surface area contributed by atoms with Crippen LogP contribution in [0.15, 0.2) is 36.7 Å². The van der Waals surface area contributed by atoms with Gasteiger partial charge in [0, 0.05) is 12.5 Å². The Hall–Kier alpha value is -1.94. The van der Waals surface area contributed by atoms with Gasteiger partial charge in [-0.2, -0.15) is 0 Å². The first-order valence-electron chi connectivity index (χ1n) is 5.78. The molecule has 0 aliphatic heterocycles. The van der Waals surface area contributed by atoms with E-state index in [-0.39, 0.29) is 0 Å². The average molecular weight is 244 g/mol. The first kappa shape index (κ1) is 12.5. The van der Waals surface area contributed by atoms with Crippen molar-refractivity contribution in [2.75, 3.05) is 7.11 Å². The summed E-state index contributed by atoms with van der Waals surface area (Å²) >= 11 is 0. The molecule has 1 aromatic heterocycles. The summed E-state index contributed by atoms with van der Waals surface area (Å²) in [5.41, 5.74) is 2.84. The van der Waals surface area contributed by atoms with Crippen molar-refractivity contribution in [2.24, 2.45) is 0 Å². The van der Waals surface area contributed by atoms with Crippen molar-refractivity contribution in [1.29, 1.82) is 0 Å². The van der Waals surface area contributed by atoms with E-state index in [1.54, 1.807) is 13.2 Å². The van der Waals surface area contributed by atoms with Crippen molar-refractivity contribution < 1.29 is 9.84 Å². The molecule has 1 aromatic carbocycles. The molecule has 2 rings (SSSR count). The van der Waals surface area contributed by atoms with Crippen LogP contribution in [-0.4, -0.2) is 22.2 Å². The van der Waals surface area contributed by atoms with Gasteiger partial charge in [-0.05, 0) is 12.5 Å². The fraction of sp³-hybridized carbons (Fsp3) is 0.286. The van der Waals surface area contributed by atoms with Crippen molar-refractivity contribution >= 4 is 0 Å². The van der Waals surface area contributed by atoms with Crippen LogP contribution in [0, 0.1) is 6.92 Å². The maximum Gasteiger partial charge on any atom is 0.216 e. The van der Waals surface area contributed by atoms with Crippen LogP contribution in [0.5, 0.6) is 5.88 Å². The maximum absolute atomic E-state index is 10.1. The SMILES string of the molecule is COc1cc(C(O)Cc2cccc(C)c2)ncn1. The predicted octanol–water partition coefficient (Wildman–Crippen LogP) is 2.07. The zero-order chi connectivity index (χ0) is 13.0. The maximum atomic E-state index is 10.1. The molecule has 18 heavy (non-hydrogen) atoms. The van der Waals surface area contributed by atoms with Gasteiger partial charge in [-0.25, -0.2) is 9.97 Å². The zero-order valence-corrected chi connectivity index (χ0v) is 10.5. The molecule has 0 spiro atoms. The van der Waals surface area contributed by atoms with E-state index >= 15 is 0 Å². The summed E-state index contributed by atoms with van der Waals surface area (Å²) in [6.45, 7) is 2.03. The topological polar surface area (TPSA) is 55.2 Å². The van der Waals surface area contributed by atoms with Gasteiger partial charge in [-0.1, -0.05) is 29.8 Å². The highest BCUT2D eigenvalue weighted by Crippen LogP contribution is 2.19. The minimum Gasteiger partial charge on any atom is -0.481 e. The Morgan fingerprint density at radius 1 is 1.28 bits per heavy atom. The van der Waals surface area contributed by atoms with Crippen molar-refractivity contribution in [3.05, 3.63) is 53.5 Å². The lowest BCUT2D eigenvalue weighted by atomic mass is 10.0. The third-order valence-corrected chi connectivity index (χ3v) is 2.73. The molecule has 1 heterocycles. The van der Waals surface area contributed by atoms with Gasteiger partial charge in [0.2, 0.25) is 5.88 Å². The lowest BCUT2D eigenvalue weighted by Crippen LogP contribution is -2.05. The third kappa shape index (κ3) is 3.05. The largest absolute Gasteiger partial charge is 0.481 e. The van der Waals surface area contributed by atoms with Gasteiger partial charge in [0.25, 0.3) is 0 Å². The van der Waals surface area contributed by atoms with Gasteiger partial charge in [-0.3, -0.25) is 0 Å². The molecule has 0 amide bonds. The van der Waals surface area contributed by atoms with Gasteiger partial charge in [0.1, 0.15) is 12.4 Å². The number of benzene rings is 1. The second kappa shape index (κ2) is 5.60. The van der Waals surface area contributed by atoms with Gasteiger partial charge < -0.3 is 9.84 Å². The number of methoxy groups -OCH3 is 1. The molecule has 94 valence electrons. The Morgan fingerprint density at radius 3 is 2.83 bits per heavy atom. The third-order valence-electron chi connectivity index (χ3n) is 2.73. The van der Waals surface area contributed by atoms with Crippen molar-refractivity contribution in [3.63, 3.8) is 0 Å². The van der Waals surface area contributed by atoms with Crippen LogP contribution in [0.3, 0.4) is 0 Å². The molecular formula is C14H16N2O2. The number of hydrogen-bond acceptors (Lipinski definition) is 4. The molecule has 4 heteroatoms. The summed E-state index contributed by atoms with van der Waals surface area (Å²) < 4.78 is 5.01. The molecule has 0 fully saturated rings. The van der Waals surface area contributed by atoms with Crippen LogP contribution in [0.25, 0.3) is 0 Å². The number of rotatable bonds is 4. The lowest BCUT2D eigenvalue weighted by Gasteiger charge is -2.11. The molecule has 1 unspecified atom stereocenters. The van der Waals surface area contributed by atoms with Crippen molar-refractivity contribution in [2.45, 2.75) is 19.4 Å². The highest BCUT2D eigenvalue weighted by molar-refractivity contribution is 5.24. The van der Waals surface area contributed by atoms with Gasteiger partial charge >= 0.3 is 0 Å². The summed E-state index contributed by atoms with van der Waals surface area (Å²) in [6, 6.07) is 9.72. The van der Waals surface area contributed by atoms with Gasteiger partial charge in [0.05, 0.1) is 12.8 Å². The first-order valence-corrected chi connectivity index (χ1v) is 5.78.